The Labute approximate surface area is 173 Å². The maximum atomic E-state index is 12.4. The summed E-state index contributed by atoms with van der Waals surface area (Å²) in [6.45, 7) is 11.9. The molecular formula is C24H30N4O. The van der Waals surface area contributed by atoms with Gasteiger partial charge in [-0.05, 0) is 60.9 Å². The van der Waals surface area contributed by atoms with Crippen LogP contribution in [-0.2, 0) is 17.8 Å². The van der Waals surface area contributed by atoms with Crippen LogP contribution in [0.15, 0.2) is 24.3 Å². The molecule has 2 heterocycles. The predicted molar refractivity (Wildman–Crippen MR) is 117 cm³/mol. The maximum Gasteiger partial charge on any atom is 0.226 e. The Balaban J connectivity index is 1.81. The van der Waals surface area contributed by atoms with Crippen LogP contribution in [0.3, 0.4) is 0 Å². The minimum atomic E-state index is -0.0534. The summed E-state index contributed by atoms with van der Waals surface area (Å²) in [5, 5.41) is 12.1. The Hall–Kier alpha value is -2.87. The van der Waals surface area contributed by atoms with Gasteiger partial charge in [-0.3, -0.25) is 4.79 Å². The van der Waals surface area contributed by atoms with Crippen molar-refractivity contribution < 1.29 is 4.79 Å². The van der Waals surface area contributed by atoms with E-state index in [9.17, 15) is 4.79 Å². The van der Waals surface area contributed by atoms with Gasteiger partial charge in [-0.25, -0.2) is 4.98 Å². The quantitative estimate of drug-likeness (QED) is 0.806. The summed E-state index contributed by atoms with van der Waals surface area (Å²) in [5.41, 5.74) is 6.03. The van der Waals surface area contributed by atoms with Crippen LogP contribution >= 0.6 is 0 Å². The number of nitriles is 1. The first-order valence-electron chi connectivity index (χ1n) is 10.2. The Morgan fingerprint density at radius 2 is 2.00 bits per heavy atom. The fourth-order valence-electron chi connectivity index (χ4n) is 3.77. The van der Waals surface area contributed by atoms with Crippen LogP contribution in [-0.4, -0.2) is 17.4 Å². The number of pyridine rings is 1. The van der Waals surface area contributed by atoms with E-state index in [1.54, 1.807) is 0 Å². The van der Waals surface area contributed by atoms with Crippen molar-refractivity contribution in [1.29, 1.82) is 5.26 Å². The van der Waals surface area contributed by atoms with E-state index in [0.29, 0.717) is 12.2 Å². The number of benzene rings is 1. The molecule has 5 nitrogen and oxygen atoms in total. The highest BCUT2D eigenvalue weighted by Gasteiger charge is 2.22. The van der Waals surface area contributed by atoms with Gasteiger partial charge in [0.1, 0.15) is 5.82 Å². The van der Waals surface area contributed by atoms with Gasteiger partial charge in [-0.15, -0.1) is 0 Å². The van der Waals surface area contributed by atoms with E-state index in [0.717, 1.165) is 54.0 Å². The predicted octanol–water partition coefficient (Wildman–Crippen LogP) is 4.90. The van der Waals surface area contributed by atoms with Crippen LogP contribution < -0.4 is 10.2 Å². The molecule has 1 aliphatic rings. The summed E-state index contributed by atoms with van der Waals surface area (Å²) in [6, 6.07) is 10.4. The Bertz CT molecular complexity index is 966. The lowest BCUT2D eigenvalue weighted by Crippen LogP contribution is -2.30. The first-order valence-corrected chi connectivity index (χ1v) is 10.2. The van der Waals surface area contributed by atoms with E-state index < -0.39 is 0 Å². The van der Waals surface area contributed by atoms with E-state index in [4.69, 9.17) is 10.2 Å². The molecule has 29 heavy (non-hydrogen) atoms. The zero-order valence-electron chi connectivity index (χ0n) is 18.1. The Kier molecular flexibility index (Phi) is 5.93. The summed E-state index contributed by atoms with van der Waals surface area (Å²) in [5.74, 6) is 0.683. The molecule has 1 N–H and O–H groups in total. The number of carbonyl (C=O) groups is 1. The minimum absolute atomic E-state index is 0.00812. The number of aryl methyl sites for hydroxylation is 3. The van der Waals surface area contributed by atoms with Gasteiger partial charge in [0, 0.05) is 19.5 Å². The number of amides is 1. The summed E-state index contributed by atoms with van der Waals surface area (Å²) >= 11 is 0. The molecule has 0 unspecified atom stereocenters. The van der Waals surface area contributed by atoms with Crippen LogP contribution in [0.4, 0.5) is 11.5 Å². The third kappa shape index (κ3) is 5.14. The van der Waals surface area contributed by atoms with E-state index >= 15 is 0 Å². The Morgan fingerprint density at radius 1 is 1.24 bits per heavy atom. The average Bonchev–Trinajstić information content (AvgIpc) is 2.61. The summed E-state index contributed by atoms with van der Waals surface area (Å²) in [4.78, 5) is 19.5. The van der Waals surface area contributed by atoms with Crippen molar-refractivity contribution in [2.75, 3.05) is 16.8 Å². The molecule has 1 amide bonds. The van der Waals surface area contributed by atoms with Gasteiger partial charge in [0.2, 0.25) is 5.91 Å². The lowest BCUT2D eigenvalue weighted by Gasteiger charge is -2.32. The van der Waals surface area contributed by atoms with Gasteiger partial charge in [-0.2, -0.15) is 5.26 Å². The highest BCUT2D eigenvalue weighted by atomic mass is 16.1. The zero-order chi connectivity index (χ0) is 21.2. The normalized spacial score (nSPS) is 13.6. The molecule has 0 aliphatic carbocycles. The number of hydrogen-bond donors (Lipinski definition) is 1. The first-order chi connectivity index (χ1) is 13.7. The van der Waals surface area contributed by atoms with Crippen LogP contribution in [0.2, 0.25) is 0 Å². The second-order valence-electron chi connectivity index (χ2n) is 9.19. The Morgan fingerprint density at radius 3 is 2.66 bits per heavy atom. The fourth-order valence-corrected chi connectivity index (χ4v) is 3.77. The smallest absolute Gasteiger partial charge is 0.226 e. The van der Waals surface area contributed by atoms with Crippen LogP contribution in [0.25, 0.3) is 0 Å². The molecule has 0 saturated heterocycles. The highest BCUT2D eigenvalue weighted by Crippen LogP contribution is 2.31. The molecule has 0 atom stereocenters. The van der Waals surface area contributed by atoms with Crippen molar-refractivity contribution >= 4 is 17.4 Å². The molecule has 1 aromatic heterocycles. The van der Waals surface area contributed by atoms with Crippen molar-refractivity contribution in [3.8, 4) is 6.07 Å². The largest absolute Gasteiger partial charge is 0.366 e. The SMILES string of the molecule is Cc1cc(CN2CCCc3nc(NC(=O)CC(C)(C)C)c(C)cc32)ccc1C#N. The average molecular weight is 391 g/mol. The number of nitrogens with one attached hydrogen (secondary N) is 1. The fraction of sp³-hybridized carbons (Fsp3) is 0.458. The molecule has 152 valence electrons. The van der Waals surface area contributed by atoms with Gasteiger partial charge in [0.25, 0.3) is 0 Å². The molecule has 5 heteroatoms. The highest BCUT2D eigenvalue weighted by molar-refractivity contribution is 5.91. The van der Waals surface area contributed by atoms with Crippen LogP contribution in [0.5, 0.6) is 0 Å². The lowest BCUT2D eigenvalue weighted by atomic mass is 9.92. The van der Waals surface area contributed by atoms with Crippen molar-refractivity contribution in [2.24, 2.45) is 5.41 Å². The molecule has 1 aromatic carbocycles. The van der Waals surface area contributed by atoms with E-state index in [2.05, 4.69) is 49.2 Å². The van der Waals surface area contributed by atoms with Gasteiger partial charge in [-0.1, -0.05) is 32.9 Å². The number of fused-ring (bicyclic) bond motifs is 1. The van der Waals surface area contributed by atoms with Crippen LogP contribution in [0.1, 0.15) is 61.6 Å². The maximum absolute atomic E-state index is 12.4. The monoisotopic (exact) mass is 390 g/mol. The summed E-state index contributed by atoms with van der Waals surface area (Å²) in [6.07, 6.45) is 2.42. The number of nitrogens with zero attached hydrogens (tertiary/aromatic N) is 3. The third-order valence-corrected chi connectivity index (χ3v) is 5.18. The van der Waals surface area contributed by atoms with Crippen molar-refractivity contribution in [2.45, 2.75) is 60.4 Å². The second-order valence-corrected chi connectivity index (χ2v) is 9.19. The van der Waals surface area contributed by atoms with Gasteiger partial charge in [0.15, 0.2) is 0 Å². The standard InChI is InChI=1S/C24H30N4O/c1-16-11-18(8-9-19(16)14-25)15-28-10-6-7-20-21(28)12-17(2)23(26-20)27-22(29)13-24(3,4)5/h8-9,11-12H,6-7,10,13,15H2,1-5H3,(H,26,27,29). The van der Waals surface area contributed by atoms with E-state index in [1.807, 2.05) is 26.0 Å². The van der Waals surface area contributed by atoms with Crippen molar-refractivity contribution in [1.82, 2.24) is 4.98 Å². The van der Waals surface area contributed by atoms with Gasteiger partial charge >= 0.3 is 0 Å². The molecule has 0 fully saturated rings. The van der Waals surface area contributed by atoms with Gasteiger partial charge in [0.05, 0.1) is 23.0 Å². The second kappa shape index (κ2) is 8.24. The summed E-state index contributed by atoms with van der Waals surface area (Å²) < 4.78 is 0. The summed E-state index contributed by atoms with van der Waals surface area (Å²) in [7, 11) is 0. The third-order valence-electron chi connectivity index (χ3n) is 5.18. The van der Waals surface area contributed by atoms with Crippen molar-refractivity contribution in [3.05, 3.63) is 52.2 Å². The number of carbonyl (C=O) groups excluding carboxylic acids is 1. The first kappa shape index (κ1) is 20.9. The molecule has 0 bridgehead atoms. The molecule has 1 aliphatic heterocycles. The molecule has 0 radical (unpaired) electrons. The molecular weight excluding hydrogens is 360 g/mol. The number of hydrogen-bond acceptors (Lipinski definition) is 4. The number of rotatable bonds is 4. The number of aromatic nitrogens is 1. The topological polar surface area (TPSA) is 69.0 Å². The number of anilines is 2. The molecule has 0 saturated carbocycles. The molecule has 0 spiro atoms. The lowest BCUT2D eigenvalue weighted by molar-refractivity contribution is -0.117. The molecule has 3 rings (SSSR count). The van der Waals surface area contributed by atoms with E-state index in [1.165, 1.54) is 5.56 Å². The van der Waals surface area contributed by atoms with Gasteiger partial charge < -0.3 is 10.2 Å². The van der Waals surface area contributed by atoms with Crippen molar-refractivity contribution in [3.63, 3.8) is 0 Å². The van der Waals surface area contributed by atoms with Crippen LogP contribution in [0, 0.1) is 30.6 Å². The van der Waals surface area contributed by atoms with E-state index in [-0.39, 0.29) is 11.3 Å². The molecule has 2 aromatic rings. The zero-order valence-corrected chi connectivity index (χ0v) is 18.1. The minimum Gasteiger partial charge on any atom is -0.366 e.